The lowest BCUT2D eigenvalue weighted by Crippen LogP contribution is -2.23. The Bertz CT molecular complexity index is 1760. The first-order valence-electron chi connectivity index (χ1n) is 12.5. The van der Waals surface area contributed by atoms with Crippen molar-refractivity contribution in [3.63, 3.8) is 0 Å². The second kappa shape index (κ2) is 11.9. The highest BCUT2D eigenvalue weighted by molar-refractivity contribution is 9.10. The highest BCUT2D eigenvalue weighted by atomic mass is 79.9. The molecular formula is C29H27BrN4O7. The fraction of sp³-hybridized carbons (Fsp3) is 0.241. The van der Waals surface area contributed by atoms with Crippen molar-refractivity contribution >= 4 is 44.7 Å². The molecule has 0 spiro atoms. The largest absolute Gasteiger partial charge is 0.496 e. The van der Waals surface area contributed by atoms with Gasteiger partial charge in [-0.3, -0.25) is 14.9 Å². The number of hydrogen-bond acceptors (Lipinski definition) is 8. The van der Waals surface area contributed by atoms with Crippen LogP contribution in [0.2, 0.25) is 0 Å². The van der Waals surface area contributed by atoms with Gasteiger partial charge < -0.3 is 14.6 Å². The number of aryl methyl sites for hydroxylation is 1. The van der Waals surface area contributed by atoms with Crippen LogP contribution in [0.15, 0.2) is 62.9 Å². The summed E-state index contributed by atoms with van der Waals surface area (Å²) in [5.74, 6) is -0.382. The summed E-state index contributed by atoms with van der Waals surface area (Å²) in [7, 11) is 1.60. The van der Waals surface area contributed by atoms with Crippen LogP contribution in [-0.2, 0) is 4.79 Å². The number of hydrogen-bond donors (Lipinski definition) is 1. The molecule has 0 saturated heterocycles. The fourth-order valence-corrected chi connectivity index (χ4v) is 4.81. The summed E-state index contributed by atoms with van der Waals surface area (Å²) in [6.07, 6.45) is -0.0241. The maximum atomic E-state index is 13.7. The Balaban J connectivity index is 1.92. The maximum absolute atomic E-state index is 13.7. The van der Waals surface area contributed by atoms with Crippen LogP contribution in [0.4, 0.5) is 5.69 Å². The molecule has 4 rings (SSSR count). The van der Waals surface area contributed by atoms with Crippen molar-refractivity contribution < 1.29 is 24.3 Å². The third-order valence-electron chi connectivity index (χ3n) is 6.40. The molecule has 0 aliphatic rings. The summed E-state index contributed by atoms with van der Waals surface area (Å²) >= 11 is 3.24. The molecule has 1 atom stereocenters. The highest BCUT2D eigenvalue weighted by Crippen LogP contribution is 2.37. The Hall–Kier alpha value is -4.58. The van der Waals surface area contributed by atoms with E-state index in [0.717, 1.165) is 21.6 Å². The van der Waals surface area contributed by atoms with Gasteiger partial charge in [0.15, 0.2) is 11.9 Å². The van der Waals surface area contributed by atoms with Crippen molar-refractivity contribution in [1.82, 2.24) is 9.66 Å². The van der Waals surface area contributed by atoms with E-state index < -0.39 is 28.2 Å². The highest BCUT2D eigenvalue weighted by Gasteiger charge is 2.25. The predicted octanol–water partition coefficient (Wildman–Crippen LogP) is 5.91. The number of rotatable bonds is 9. The molecule has 0 aliphatic heterocycles. The van der Waals surface area contributed by atoms with Crippen molar-refractivity contribution in [1.29, 1.82) is 0 Å². The van der Waals surface area contributed by atoms with Crippen molar-refractivity contribution in [2.45, 2.75) is 39.7 Å². The number of nitro benzene ring substituents is 1. The number of aromatic nitrogens is 2. The molecule has 4 aromatic rings. The van der Waals surface area contributed by atoms with Gasteiger partial charge in [-0.15, -0.1) is 0 Å². The van der Waals surface area contributed by atoms with Crippen molar-refractivity contribution in [2.24, 2.45) is 5.10 Å². The van der Waals surface area contributed by atoms with E-state index in [1.807, 2.05) is 32.9 Å². The third-order valence-corrected chi connectivity index (χ3v) is 6.99. The number of para-hydroxylation sites is 1. The third kappa shape index (κ3) is 5.97. The van der Waals surface area contributed by atoms with E-state index in [0.29, 0.717) is 16.5 Å². The van der Waals surface area contributed by atoms with Gasteiger partial charge in [-0.25, -0.2) is 9.78 Å². The van der Waals surface area contributed by atoms with Crippen LogP contribution in [0.1, 0.15) is 43.4 Å². The van der Waals surface area contributed by atoms with Crippen LogP contribution >= 0.6 is 15.9 Å². The van der Waals surface area contributed by atoms with E-state index in [-0.39, 0.29) is 27.5 Å². The van der Waals surface area contributed by atoms with Gasteiger partial charge in [0.2, 0.25) is 5.75 Å². The summed E-state index contributed by atoms with van der Waals surface area (Å²) in [5.41, 5.74) is 2.28. The number of halogens is 1. The summed E-state index contributed by atoms with van der Waals surface area (Å²) in [6, 6.07) is 13.4. The lowest BCUT2D eigenvalue weighted by molar-refractivity contribution is -0.386. The van der Waals surface area contributed by atoms with Crippen LogP contribution in [0, 0.1) is 17.0 Å². The number of carbonyl (C=O) groups is 1. The molecule has 1 aromatic heterocycles. The Labute approximate surface area is 243 Å². The van der Waals surface area contributed by atoms with Gasteiger partial charge in [0.25, 0.3) is 5.56 Å². The molecule has 3 aromatic carbocycles. The number of methoxy groups -OCH3 is 1. The number of carboxylic acids is 1. The van der Waals surface area contributed by atoms with E-state index >= 15 is 0 Å². The van der Waals surface area contributed by atoms with E-state index in [9.17, 15) is 19.7 Å². The Morgan fingerprint density at radius 2 is 1.90 bits per heavy atom. The predicted molar refractivity (Wildman–Crippen MR) is 158 cm³/mol. The monoisotopic (exact) mass is 622 g/mol. The number of benzene rings is 3. The zero-order valence-corrected chi connectivity index (χ0v) is 24.5. The molecular weight excluding hydrogens is 596 g/mol. The second-order valence-corrected chi connectivity index (χ2v) is 10.4. The van der Waals surface area contributed by atoms with Gasteiger partial charge in [-0.1, -0.05) is 26.0 Å². The van der Waals surface area contributed by atoms with Gasteiger partial charge in [-0.05, 0) is 77.2 Å². The molecule has 0 unspecified atom stereocenters. The zero-order valence-electron chi connectivity index (χ0n) is 22.9. The van der Waals surface area contributed by atoms with Crippen LogP contribution in [0.3, 0.4) is 0 Å². The lowest BCUT2D eigenvalue weighted by atomic mass is 9.96. The Morgan fingerprint density at radius 1 is 1.20 bits per heavy atom. The number of fused-ring (bicyclic) bond motifs is 1. The van der Waals surface area contributed by atoms with Gasteiger partial charge in [0, 0.05) is 17.2 Å². The number of aliphatic carboxylic acids is 1. The number of nitrogens with zero attached hydrogens (tertiary/aromatic N) is 4. The minimum atomic E-state index is -1.32. The minimum absolute atomic E-state index is 0.121. The summed E-state index contributed by atoms with van der Waals surface area (Å²) < 4.78 is 12.2. The maximum Gasteiger partial charge on any atom is 0.344 e. The molecule has 0 fully saturated rings. The normalized spacial score (nSPS) is 12.2. The average molecular weight is 623 g/mol. The molecule has 11 nitrogen and oxygen atoms in total. The first-order chi connectivity index (χ1) is 19.4. The zero-order chi connectivity index (χ0) is 30.0. The molecule has 12 heteroatoms. The summed E-state index contributed by atoms with van der Waals surface area (Å²) in [5, 5.41) is 25.8. The van der Waals surface area contributed by atoms with Gasteiger partial charge in [0.05, 0.1) is 33.6 Å². The molecule has 0 saturated carbocycles. The average Bonchev–Trinajstić information content (AvgIpc) is 2.93. The molecule has 0 bridgehead atoms. The second-order valence-electron chi connectivity index (χ2n) is 9.58. The first kappa shape index (κ1) is 29.4. The molecule has 0 radical (unpaired) electrons. The smallest absolute Gasteiger partial charge is 0.344 e. The van der Waals surface area contributed by atoms with E-state index in [4.69, 9.17) is 19.6 Å². The topological polar surface area (TPSA) is 146 Å². The quantitative estimate of drug-likeness (QED) is 0.138. The summed E-state index contributed by atoms with van der Waals surface area (Å²) in [4.78, 5) is 40.8. The fourth-order valence-electron chi connectivity index (χ4n) is 4.25. The van der Waals surface area contributed by atoms with Crippen molar-refractivity contribution in [3.05, 3.63) is 90.2 Å². The van der Waals surface area contributed by atoms with Crippen molar-refractivity contribution in [3.8, 4) is 22.9 Å². The lowest BCUT2D eigenvalue weighted by Gasteiger charge is -2.17. The van der Waals surface area contributed by atoms with Crippen LogP contribution < -0.4 is 15.0 Å². The SMILES string of the molecule is COc1cc(C)c(-c2nc3ccccc3c(=O)n2N=Cc2cc(Br)c(O[C@@H](C)C(=O)O)c([N+](=O)[O-])c2)cc1C(C)C. The Kier molecular flexibility index (Phi) is 8.52. The van der Waals surface area contributed by atoms with E-state index in [1.165, 1.54) is 25.3 Å². The molecule has 0 amide bonds. The van der Waals surface area contributed by atoms with Gasteiger partial charge >= 0.3 is 11.7 Å². The van der Waals surface area contributed by atoms with E-state index in [1.54, 1.807) is 31.4 Å². The Morgan fingerprint density at radius 3 is 2.54 bits per heavy atom. The molecule has 212 valence electrons. The van der Waals surface area contributed by atoms with Crippen LogP contribution in [-0.4, -0.2) is 45.1 Å². The number of ether oxygens (including phenoxy) is 2. The number of nitro groups is 1. The standard InChI is InChI=1S/C29H27BrN4O7/c1-15(2)20-13-21(16(3)10-25(20)40-5)27-32-23-9-7-6-8-19(23)28(35)33(27)31-14-18-11-22(30)26(24(12-18)34(38)39)41-17(4)29(36)37/h6-15,17H,1-5H3,(H,36,37)/t17-/m0/s1. The first-order valence-corrected chi connectivity index (χ1v) is 13.3. The molecule has 1 heterocycles. The molecule has 41 heavy (non-hydrogen) atoms. The van der Waals surface area contributed by atoms with Gasteiger partial charge in [-0.2, -0.15) is 9.78 Å². The molecule has 1 N–H and O–H groups in total. The van der Waals surface area contributed by atoms with Crippen molar-refractivity contribution in [2.75, 3.05) is 7.11 Å². The van der Waals surface area contributed by atoms with Gasteiger partial charge in [0.1, 0.15) is 5.75 Å². The van der Waals surface area contributed by atoms with Crippen LogP contribution in [0.25, 0.3) is 22.3 Å². The minimum Gasteiger partial charge on any atom is -0.496 e. The van der Waals surface area contributed by atoms with Crippen LogP contribution in [0.5, 0.6) is 11.5 Å². The number of carboxylic acid groups (broad SMARTS) is 1. The summed E-state index contributed by atoms with van der Waals surface area (Å²) in [6.45, 7) is 7.21. The molecule has 0 aliphatic carbocycles. The van der Waals surface area contributed by atoms with E-state index in [2.05, 4.69) is 21.0 Å².